The molecule has 2 rings (SSSR count). The summed E-state index contributed by atoms with van der Waals surface area (Å²) in [5, 5.41) is 3.33. The third kappa shape index (κ3) is 4.38. The van der Waals surface area contributed by atoms with Crippen LogP contribution in [0.25, 0.3) is 0 Å². The lowest BCUT2D eigenvalue weighted by molar-refractivity contribution is -0.146. The molecule has 122 valence electrons. The Morgan fingerprint density at radius 1 is 1.38 bits per heavy atom. The number of nitrogens with zero attached hydrogens (tertiary/aromatic N) is 1. The summed E-state index contributed by atoms with van der Waals surface area (Å²) in [6.07, 6.45) is 4.24. The van der Waals surface area contributed by atoms with Crippen molar-refractivity contribution in [3.8, 4) is 0 Å². The van der Waals surface area contributed by atoms with Gasteiger partial charge in [-0.1, -0.05) is 0 Å². The van der Waals surface area contributed by atoms with E-state index in [1.807, 2.05) is 0 Å². The van der Waals surface area contributed by atoms with Gasteiger partial charge in [0.1, 0.15) is 6.04 Å². The van der Waals surface area contributed by atoms with Crippen LogP contribution in [0.15, 0.2) is 0 Å². The highest BCUT2D eigenvalue weighted by Gasteiger charge is 2.39. The van der Waals surface area contributed by atoms with E-state index in [1.54, 1.807) is 6.92 Å². The van der Waals surface area contributed by atoms with Crippen molar-refractivity contribution >= 4 is 16.2 Å². The summed E-state index contributed by atoms with van der Waals surface area (Å²) >= 11 is 0. The zero-order chi connectivity index (χ0) is 15.3. The van der Waals surface area contributed by atoms with Crippen molar-refractivity contribution in [2.75, 3.05) is 26.2 Å². The van der Waals surface area contributed by atoms with E-state index >= 15 is 0 Å². The van der Waals surface area contributed by atoms with Crippen LogP contribution in [0.4, 0.5) is 0 Å². The molecule has 7 nitrogen and oxygen atoms in total. The summed E-state index contributed by atoms with van der Waals surface area (Å²) < 4.78 is 33.4. The fourth-order valence-electron chi connectivity index (χ4n) is 2.95. The van der Waals surface area contributed by atoms with E-state index in [0.717, 1.165) is 25.8 Å². The lowest BCUT2D eigenvalue weighted by atomic mass is 10.2. The minimum atomic E-state index is -3.61. The molecule has 0 aromatic rings. The Balaban J connectivity index is 1.86. The van der Waals surface area contributed by atoms with Crippen LogP contribution in [0.5, 0.6) is 0 Å². The van der Waals surface area contributed by atoms with E-state index in [0.29, 0.717) is 32.0 Å². The molecule has 2 aliphatic rings. The zero-order valence-electron chi connectivity index (χ0n) is 12.5. The average Bonchev–Trinajstić information content (AvgIpc) is 3.10. The molecule has 0 bridgehead atoms. The van der Waals surface area contributed by atoms with Crippen molar-refractivity contribution in [2.45, 2.75) is 51.1 Å². The smallest absolute Gasteiger partial charge is 0.324 e. The zero-order valence-corrected chi connectivity index (χ0v) is 13.3. The fourth-order valence-corrected chi connectivity index (χ4v) is 4.39. The van der Waals surface area contributed by atoms with Crippen molar-refractivity contribution < 1.29 is 17.9 Å². The molecule has 0 aromatic heterocycles. The number of hydrogen-bond donors (Lipinski definition) is 2. The molecule has 0 radical (unpaired) electrons. The van der Waals surface area contributed by atoms with Crippen molar-refractivity contribution in [1.82, 2.24) is 14.3 Å². The van der Waals surface area contributed by atoms with Gasteiger partial charge in [-0.15, -0.1) is 0 Å². The maximum Gasteiger partial charge on any atom is 0.324 e. The highest BCUT2D eigenvalue weighted by molar-refractivity contribution is 7.87. The summed E-state index contributed by atoms with van der Waals surface area (Å²) in [5.74, 6) is -0.446. The monoisotopic (exact) mass is 319 g/mol. The van der Waals surface area contributed by atoms with Gasteiger partial charge in [0.15, 0.2) is 0 Å². The first-order valence-electron chi connectivity index (χ1n) is 7.71. The molecule has 2 saturated heterocycles. The van der Waals surface area contributed by atoms with Crippen LogP contribution in [-0.4, -0.2) is 57.0 Å². The van der Waals surface area contributed by atoms with Gasteiger partial charge in [0.2, 0.25) is 0 Å². The summed E-state index contributed by atoms with van der Waals surface area (Å²) in [5.41, 5.74) is 0. The number of rotatable bonds is 7. The van der Waals surface area contributed by atoms with E-state index < -0.39 is 22.2 Å². The average molecular weight is 319 g/mol. The Kier molecular flexibility index (Phi) is 5.98. The molecule has 0 aliphatic carbocycles. The number of carbonyl (C=O) groups excluding carboxylic acids is 1. The quantitative estimate of drug-likeness (QED) is 0.645. The number of ether oxygens (including phenoxy) is 1. The van der Waals surface area contributed by atoms with E-state index in [1.165, 1.54) is 4.31 Å². The van der Waals surface area contributed by atoms with Gasteiger partial charge in [0.05, 0.1) is 6.61 Å². The maximum atomic E-state index is 12.3. The van der Waals surface area contributed by atoms with Crippen LogP contribution in [-0.2, 0) is 19.7 Å². The first-order chi connectivity index (χ1) is 10.0. The first-order valence-corrected chi connectivity index (χ1v) is 9.15. The lowest BCUT2D eigenvalue weighted by Gasteiger charge is -2.23. The predicted molar refractivity (Wildman–Crippen MR) is 78.9 cm³/mol. The third-order valence-corrected chi connectivity index (χ3v) is 5.63. The minimum Gasteiger partial charge on any atom is -0.465 e. The number of nitrogens with one attached hydrogen (secondary N) is 2. The second-order valence-corrected chi connectivity index (χ2v) is 7.21. The summed E-state index contributed by atoms with van der Waals surface area (Å²) in [6.45, 7) is 3.77. The standard InChI is InChI=1S/C13H25N3O4S/c1-2-20-13(17)12-6-4-10-16(12)21(18,19)15-9-7-11-5-3-8-14-11/h11-12,14-15H,2-10H2,1H3/t11-,12?/m0/s1. The Bertz CT molecular complexity index is 448. The van der Waals surface area contributed by atoms with Gasteiger partial charge in [0.25, 0.3) is 10.2 Å². The summed E-state index contributed by atoms with van der Waals surface area (Å²) in [4.78, 5) is 11.8. The predicted octanol–water partition coefficient (Wildman–Crippen LogP) is -0.00960. The van der Waals surface area contributed by atoms with Crippen molar-refractivity contribution in [2.24, 2.45) is 0 Å². The van der Waals surface area contributed by atoms with Crippen LogP contribution in [0.2, 0.25) is 0 Å². The first kappa shape index (κ1) is 16.7. The molecule has 0 saturated carbocycles. The third-order valence-electron chi connectivity index (χ3n) is 4.01. The number of carbonyl (C=O) groups is 1. The molecule has 21 heavy (non-hydrogen) atoms. The topological polar surface area (TPSA) is 87.7 Å². The normalized spacial score (nSPS) is 27.1. The fraction of sp³-hybridized carbons (Fsp3) is 0.923. The molecule has 0 amide bonds. The molecule has 0 aromatic carbocycles. The van der Waals surface area contributed by atoms with Gasteiger partial charge < -0.3 is 10.1 Å². The minimum absolute atomic E-state index is 0.268. The molecule has 2 N–H and O–H groups in total. The van der Waals surface area contributed by atoms with Gasteiger partial charge in [-0.05, 0) is 45.6 Å². The Hall–Kier alpha value is -0.700. The van der Waals surface area contributed by atoms with Crippen molar-refractivity contribution in [3.63, 3.8) is 0 Å². The largest absolute Gasteiger partial charge is 0.465 e. The Labute approximate surface area is 126 Å². The second kappa shape index (κ2) is 7.53. The van der Waals surface area contributed by atoms with Gasteiger partial charge in [-0.25, -0.2) is 4.72 Å². The molecule has 2 aliphatic heterocycles. The molecular weight excluding hydrogens is 294 g/mol. The maximum absolute atomic E-state index is 12.3. The Morgan fingerprint density at radius 2 is 2.19 bits per heavy atom. The van der Waals surface area contributed by atoms with E-state index in [4.69, 9.17) is 4.74 Å². The van der Waals surface area contributed by atoms with Crippen LogP contribution in [0.3, 0.4) is 0 Å². The van der Waals surface area contributed by atoms with E-state index in [2.05, 4.69) is 10.0 Å². The van der Waals surface area contributed by atoms with Gasteiger partial charge in [-0.2, -0.15) is 12.7 Å². The van der Waals surface area contributed by atoms with E-state index in [9.17, 15) is 13.2 Å². The SMILES string of the molecule is CCOC(=O)C1CCCN1S(=O)(=O)NCC[C@@H]1CCCN1. The van der Waals surface area contributed by atoms with Gasteiger partial charge in [0, 0.05) is 19.1 Å². The molecule has 2 fully saturated rings. The molecule has 2 heterocycles. The number of esters is 1. The molecule has 0 spiro atoms. The van der Waals surface area contributed by atoms with Crippen LogP contribution in [0, 0.1) is 0 Å². The van der Waals surface area contributed by atoms with Crippen molar-refractivity contribution in [3.05, 3.63) is 0 Å². The highest BCUT2D eigenvalue weighted by atomic mass is 32.2. The molecule has 1 unspecified atom stereocenters. The summed E-state index contributed by atoms with van der Waals surface area (Å²) in [7, 11) is -3.61. The van der Waals surface area contributed by atoms with Crippen LogP contribution >= 0.6 is 0 Å². The summed E-state index contributed by atoms with van der Waals surface area (Å²) in [6, 6.07) is -0.279. The Morgan fingerprint density at radius 3 is 2.86 bits per heavy atom. The van der Waals surface area contributed by atoms with Crippen molar-refractivity contribution in [1.29, 1.82) is 0 Å². The van der Waals surface area contributed by atoms with Gasteiger partial charge in [-0.3, -0.25) is 4.79 Å². The van der Waals surface area contributed by atoms with Crippen LogP contribution in [0.1, 0.15) is 39.0 Å². The number of hydrogen-bond acceptors (Lipinski definition) is 5. The molecular formula is C13H25N3O4S. The molecule has 2 atom stereocenters. The highest BCUT2D eigenvalue weighted by Crippen LogP contribution is 2.21. The lowest BCUT2D eigenvalue weighted by Crippen LogP contribution is -2.47. The second-order valence-electron chi connectivity index (χ2n) is 5.50. The van der Waals surface area contributed by atoms with Gasteiger partial charge >= 0.3 is 5.97 Å². The molecule has 8 heteroatoms. The van der Waals surface area contributed by atoms with E-state index in [-0.39, 0.29) is 6.61 Å². The van der Waals surface area contributed by atoms with Crippen LogP contribution < -0.4 is 10.0 Å².